The number of aromatic hydroxyl groups is 1. The lowest BCUT2D eigenvalue weighted by Crippen LogP contribution is -2.70. The van der Waals surface area contributed by atoms with Crippen LogP contribution in [0.25, 0.3) is 5.76 Å². The molecular formula is C23H28N4O8. The van der Waals surface area contributed by atoms with Gasteiger partial charge in [0.25, 0.3) is 5.91 Å². The fourth-order valence-electron chi connectivity index (χ4n) is 5.73. The normalized spacial score (nSPS) is 30.3. The van der Waals surface area contributed by atoms with Crippen molar-refractivity contribution in [1.82, 2.24) is 4.90 Å². The molecule has 5 unspecified atom stereocenters. The molecule has 0 aromatic heterocycles. The van der Waals surface area contributed by atoms with Crippen LogP contribution in [0.4, 0.5) is 11.4 Å². The third-order valence-corrected chi connectivity index (χ3v) is 7.29. The predicted octanol–water partition coefficient (Wildman–Crippen LogP) is -1.42. The van der Waals surface area contributed by atoms with Gasteiger partial charge in [0.05, 0.1) is 29.3 Å². The number of nitrogens with two attached hydrogens (primary N) is 2. The zero-order valence-electron chi connectivity index (χ0n) is 19.6. The van der Waals surface area contributed by atoms with Gasteiger partial charge in [0, 0.05) is 31.3 Å². The Kier molecular flexibility index (Phi) is 5.39. The number of fused-ring (bicyclic) bond motifs is 3. The molecule has 3 aliphatic carbocycles. The Hall–Kier alpha value is -3.61. The fourth-order valence-corrected chi connectivity index (χ4v) is 5.73. The smallest absolute Gasteiger partial charge is 0.255 e. The van der Waals surface area contributed by atoms with E-state index in [0.717, 1.165) is 0 Å². The minimum Gasteiger partial charge on any atom is -0.508 e. The number of primary amides is 1. The van der Waals surface area contributed by atoms with E-state index in [4.69, 9.17) is 11.5 Å². The van der Waals surface area contributed by atoms with Crippen LogP contribution in [0.15, 0.2) is 23.0 Å². The maximum atomic E-state index is 13.8. The highest BCUT2D eigenvalue weighted by molar-refractivity contribution is 6.24. The number of aliphatic hydroxyl groups excluding tert-OH is 3. The molecule has 9 N–H and O–H groups in total. The summed E-state index contributed by atoms with van der Waals surface area (Å²) in [5.74, 6) is -8.73. The van der Waals surface area contributed by atoms with Crippen molar-refractivity contribution in [1.29, 1.82) is 0 Å². The molecule has 0 saturated heterocycles. The number of amides is 1. The number of phenolic OH excluding ortho intramolecular Hbond substituents is 1. The number of anilines is 2. The van der Waals surface area contributed by atoms with Crippen LogP contribution in [-0.4, -0.2) is 93.8 Å². The summed E-state index contributed by atoms with van der Waals surface area (Å²) in [6.45, 7) is 0. The number of carbonyl (C=O) groups excluding carboxylic acids is 3. The van der Waals surface area contributed by atoms with Crippen molar-refractivity contribution >= 4 is 34.6 Å². The number of benzene rings is 1. The molecule has 1 aromatic rings. The van der Waals surface area contributed by atoms with Crippen LogP contribution < -0.4 is 16.4 Å². The van der Waals surface area contributed by atoms with Crippen LogP contribution in [0.5, 0.6) is 5.75 Å². The van der Waals surface area contributed by atoms with Gasteiger partial charge in [0.1, 0.15) is 22.8 Å². The van der Waals surface area contributed by atoms with Gasteiger partial charge in [-0.1, -0.05) is 0 Å². The molecule has 188 valence electrons. The largest absolute Gasteiger partial charge is 0.508 e. The molecule has 0 radical (unpaired) electrons. The van der Waals surface area contributed by atoms with E-state index in [2.05, 4.69) is 0 Å². The zero-order valence-corrected chi connectivity index (χ0v) is 19.6. The first-order chi connectivity index (χ1) is 16.2. The number of aliphatic hydroxyl groups is 4. The third kappa shape index (κ3) is 3.00. The van der Waals surface area contributed by atoms with E-state index in [1.807, 2.05) is 0 Å². The number of hydrogen-bond acceptors (Lipinski definition) is 11. The maximum absolute atomic E-state index is 13.8. The molecular weight excluding hydrogens is 460 g/mol. The molecule has 1 saturated carbocycles. The van der Waals surface area contributed by atoms with Gasteiger partial charge in [0.15, 0.2) is 11.4 Å². The van der Waals surface area contributed by atoms with E-state index in [1.165, 1.54) is 25.1 Å². The number of carbonyl (C=O) groups is 3. The molecule has 0 aliphatic heterocycles. The summed E-state index contributed by atoms with van der Waals surface area (Å²) in [5.41, 5.74) is 7.53. The number of phenols is 1. The second kappa shape index (κ2) is 7.70. The van der Waals surface area contributed by atoms with Gasteiger partial charge in [0.2, 0.25) is 5.78 Å². The summed E-state index contributed by atoms with van der Waals surface area (Å²) in [4.78, 5) is 41.9. The molecule has 12 heteroatoms. The van der Waals surface area contributed by atoms with Gasteiger partial charge in [-0.25, -0.2) is 0 Å². The van der Waals surface area contributed by atoms with E-state index in [1.54, 1.807) is 19.0 Å². The van der Waals surface area contributed by atoms with Crippen LogP contribution in [-0.2, 0) is 20.8 Å². The quantitative estimate of drug-likeness (QED) is 0.149. The Morgan fingerprint density at radius 2 is 1.74 bits per heavy atom. The SMILES string of the molecule is CN(C)c1cc(N)c(O)c2c1CC1C(=C2O)C(=O)C2(O)C(O)=C(C(N)=O)C(=O)C(N(C)C)C2C1O. The lowest BCUT2D eigenvalue weighted by atomic mass is 9.56. The second-order valence-corrected chi connectivity index (χ2v) is 9.63. The maximum Gasteiger partial charge on any atom is 0.255 e. The Balaban J connectivity index is 2.06. The Labute approximate surface area is 200 Å². The first-order valence-corrected chi connectivity index (χ1v) is 10.8. The summed E-state index contributed by atoms with van der Waals surface area (Å²) in [7, 11) is 6.32. The number of Topliss-reactive ketones (excluding diaryl/α,β-unsaturated/α-hetero) is 2. The van der Waals surface area contributed by atoms with E-state index < -0.39 is 75.5 Å². The molecule has 0 spiro atoms. The van der Waals surface area contributed by atoms with E-state index in [9.17, 15) is 39.9 Å². The number of nitrogen functional groups attached to an aromatic ring is 1. The van der Waals surface area contributed by atoms with E-state index in [0.29, 0.717) is 11.3 Å². The molecule has 0 heterocycles. The Morgan fingerprint density at radius 3 is 2.26 bits per heavy atom. The van der Waals surface area contributed by atoms with Crippen molar-refractivity contribution in [3.63, 3.8) is 0 Å². The predicted molar refractivity (Wildman–Crippen MR) is 124 cm³/mol. The first-order valence-electron chi connectivity index (χ1n) is 10.8. The van der Waals surface area contributed by atoms with Crippen molar-refractivity contribution in [3.8, 4) is 5.75 Å². The highest BCUT2D eigenvalue weighted by atomic mass is 16.4. The van der Waals surface area contributed by atoms with Crippen LogP contribution in [0.2, 0.25) is 0 Å². The molecule has 35 heavy (non-hydrogen) atoms. The standard InChI is InChI=1S/C23H28N4O8/c1-26(2)10-6-9(24)17(29)11-7(10)5-8-12(18(11)30)20(32)23(35)14(16(8)28)15(27(3)4)19(31)13(21(23)33)22(25)34/h6,8,14-16,28-30,33,35H,5,24H2,1-4H3,(H2,25,34). The topological polar surface area (TPSA) is 211 Å². The van der Waals surface area contributed by atoms with Crippen molar-refractivity contribution < 1.29 is 39.9 Å². The molecule has 1 amide bonds. The minimum absolute atomic E-state index is 0.0585. The highest BCUT2D eigenvalue weighted by Gasteiger charge is 2.67. The molecule has 12 nitrogen and oxygen atoms in total. The fraction of sp³-hybridized carbons (Fsp3) is 0.435. The van der Waals surface area contributed by atoms with Crippen LogP contribution >= 0.6 is 0 Å². The Morgan fingerprint density at radius 1 is 1.14 bits per heavy atom. The van der Waals surface area contributed by atoms with Gasteiger partial charge < -0.3 is 41.9 Å². The average molecular weight is 488 g/mol. The lowest BCUT2D eigenvalue weighted by molar-refractivity contribution is -0.168. The summed E-state index contributed by atoms with van der Waals surface area (Å²) >= 11 is 0. The summed E-state index contributed by atoms with van der Waals surface area (Å²) < 4.78 is 0. The lowest BCUT2D eigenvalue weighted by Gasteiger charge is -2.52. The molecule has 0 bridgehead atoms. The number of hydrogen-bond donors (Lipinski definition) is 7. The van der Waals surface area contributed by atoms with Crippen LogP contribution in [0.3, 0.4) is 0 Å². The van der Waals surface area contributed by atoms with Gasteiger partial charge >= 0.3 is 0 Å². The number of rotatable bonds is 3. The number of nitrogens with zero attached hydrogens (tertiary/aromatic N) is 2. The van der Waals surface area contributed by atoms with Crippen molar-refractivity contribution in [2.45, 2.75) is 24.2 Å². The number of likely N-dealkylation sites (N-methyl/N-ethyl adjacent to an activating group) is 1. The summed E-state index contributed by atoms with van der Waals surface area (Å²) in [5, 5.41) is 55.7. The summed E-state index contributed by atoms with van der Waals surface area (Å²) in [6.07, 6.45) is -1.69. The van der Waals surface area contributed by atoms with Gasteiger partial charge in [-0.2, -0.15) is 0 Å². The van der Waals surface area contributed by atoms with Gasteiger partial charge in [-0.15, -0.1) is 0 Å². The van der Waals surface area contributed by atoms with Gasteiger partial charge in [-0.3, -0.25) is 19.3 Å². The highest BCUT2D eigenvalue weighted by Crippen LogP contribution is 2.54. The van der Waals surface area contributed by atoms with E-state index in [-0.39, 0.29) is 17.7 Å². The van der Waals surface area contributed by atoms with Crippen molar-refractivity contribution in [2.24, 2.45) is 17.6 Å². The van der Waals surface area contributed by atoms with Gasteiger partial charge in [-0.05, 0) is 32.1 Å². The first kappa shape index (κ1) is 24.5. The molecule has 1 fully saturated rings. The van der Waals surface area contributed by atoms with Crippen molar-refractivity contribution in [2.75, 3.05) is 38.8 Å². The monoisotopic (exact) mass is 488 g/mol. The molecule has 4 rings (SSSR count). The van der Waals surface area contributed by atoms with Crippen LogP contribution in [0, 0.1) is 11.8 Å². The molecule has 3 aliphatic rings. The minimum atomic E-state index is -2.94. The summed E-state index contributed by atoms with van der Waals surface area (Å²) in [6, 6.07) is 0.0934. The third-order valence-electron chi connectivity index (χ3n) is 7.29. The van der Waals surface area contributed by atoms with Crippen LogP contribution in [0.1, 0.15) is 11.1 Å². The number of ketones is 2. The van der Waals surface area contributed by atoms with Crippen molar-refractivity contribution in [3.05, 3.63) is 34.1 Å². The van der Waals surface area contributed by atoms with E-state index >= 15 is 0 Å². The molecule has 1 aromatic carbocycles. The average Bonchev–Trinajstić information content (AvgIpc) is 2.75. The Bertz CT molecular complexity index is 1250. The second-order valence-electron chi connectivity index (χ2n) is 9.63. The zero-order chi connectivity index (χ0) is 26.3. The molecule has 5 atom stereocenters.